The first-order chi connectivity index (χ1) is 9.54. The minimum atomic E-state index is -0.787. The van der Waals surface area contributed by atoms with Gasteiger partial charge in [-0.3, -0.25) is 4.79 Å². The molecule has 20 heavy (non-hydrogen) atoms. The van der Waals surface area contributed by atoms with E-state index < -0.39 is 17.9 Å². The van der Waals surface area contributed by atoms with Crippen molar-refractivity contribution in [1.29, 1.82) is 0 Å². The largest absolute Gasteiger partial charge is 0.508 e. The van der Waals surface area contributed by atoms with E-state index in [1.54, 1.807) is 12.1 Å². The lowest BCUT2D eigenvalue weighted by Gasteiger charge is -2.12. The minimum Gasteiger partial charge on any atom is -0.508 e. The zero-order chi connectivity index (χ0) is 14.5. The summed E-state index contributed by atoms with van der Waals surface area (Å²) in [6.45, 7) is 0. The second-order valence-corrected chi connectivity index (χ2v) is 4.31. The van der Waals surface area contributed by atoms with E-state index in [1.165, 1.54) is 30.3 Å². The number of hydrogen-bond donors (Lipinski definition) is 3. The van der Waals surface area contributed by atoms with Crippen molar-refractivity contribution in [3.05, 3.63) is 54.0 Å². The lowest BCUT2D eigenvalue weighted by molar-refractivity contribution is -0.117. The summed E-state index contributed by atoms with van der Waals surface area (Å²) >= 11 is 0. The second-order valence-electron chi connectivity index (χ2n) is 4.31. The number of nitrogens with one attached hydrogen (secondary N) is 1. The molecule has 2 aromatic rings. The van der Waals surface area contributed by atoms with E-state index in [4.69, 9.17) is 10.8 Å². The van der Waals surface area contributed by atoms with Gasteiger partial charge in [-0.1, -0.05) is 18.2 Å². The van der Waals surface area contributed by atoms with Crippen LogP contribution in [0.5, 0.6) is 5.75 Å². The number of hydrogen-bond acceptors (Lipinski definition) is 4. The van der Waals surface area contributed by atoms with E-state index >= 15 is 0 Å². The lowest BCUT2D eigenvalue weighted by Crippen LogP contribution is -2.37. The molecule has 1 atom stereocenters. The molecule has 1 heterocycles. The maximum atomic E-state index is 12.9. The van der Waals surface area contributed by atoms with Crippen molar-refractivity contribution in [3.8, 4) is 5.75 Å². The van der Waals surface area contributed by atoms with Gasteiger partial charge >= 0.3 is 0 Å². The van der Waals surface area contributed by atoms with E-state index in [1.807, 2.05) is 0 Å². The standard InChI is InChI=1S/C14H14FN3O2/c15-12-2-1-3-13(17-12)18-14(20)11(16)8-9-4-6-10(19)7-5-9/h1-7,11,19H,8,16H2,(H,17,18,20)/t11-/m0/s1. The number of nitrogens with two attached hydrogens (primary N) is 1. The van der Waals surface area contributed by atoms with Crippen molar-refractivity contribution in [1.82, 2.24) is 4.98 Å². The van der Waals surface area contributed by atoms with Crippen LogP contribution in [0.25, 0.3) is 0 Å². The molecule has 0 aliphatic heterocycles. The van der Waals surface area contributed by atoms with Crippen LogP contribution < -0.4 is 11.1 Å². The van der Waals surface area contributed by atoms with Gasteiger partial charge in [0.05, 0.1) is 6.04 Å². The Hall–Kier alpha value is -2.47. The summed E-state index contributed by atoms with van der Waals surface area (Å²) in [4.78, 5) is 15.4. The fourth-order valence-corrected chi connectivity index (χ4v) is 1.68. The average Bonchev–Trinajstić information content (AvgIpc) is 2.41. The number of amides is 1. The van der Waals surface area contributed by atoms with Gasteiger partial charge in [-0.25, -0.2) is 4.98 Å². The Kier molecular flexibility index (Phi) is 4.27. The summed E-state index contributed by atoms with van der Waals surface area (Å²) in [5.74, 6) is -0.849. The first-order valence-electron chi connectivity index (χ1n) is 6.01. The van der Waals surface area contributed by atoms with Crippen molar-refractivity contribution in [2.75, 3.05) is 5.32 Å². The Bertz CT molecular complexity index is 602. The Labute approximate surface area is 115 Å². The molecule has 0 radical (unpaired) electrons. The molecule has 4 N–H and O–H groups in total. The van der Waals surface area contributed by atoms with Gasteiger partial charge in [-0.05, 0) is 36.2 Å². The molecule has 2 rings (SSSR count). The Morgan fingerprint density at radius 3 is 2.65 bits per heavy atom. The van der Waals surface area contributed by atoms with Crippen LogP contribution in [0.4, 0.5) is 10.2 Å². The molecule has 0 fully saturated rings. The predicted molar refractivity (Wildman–Crippen MR) is 72.6 cm³/mol. The van der Waals surface area contributed by atoms with Crippen molar-refractivity contribution in [2.24, 2.45) is 5.73 Å². The average molecular weight is 275 g/mol. The highest BCUT2D eigenvalue weighted by molar-refractivity contribution is 5.94. The lowest BCUT2D eigenvalue weighted by atomic mass is 10.1. The van der Waals surface area contributed by atoms with Gasteiger partial charge in [-0.15, -0.1) is 0 Å². The predicted octanol–water partition coefficient (Wildman–Crippen LogP) is 1.43. The highest BCUT2D eigenvalue weighted by Gasteiger charge is 2.15. The Morgan fingerprint density at radius 1 is 1.30 bits per heavy atom. The summed E-state index contributed by atoms with van der Waals surface area (Å²) in [6, 6.07) is 9.74. The third-order valence-electron chi connectivity index (χ3n) is 2.70. The molecule has 6 heteroatoms. The molecule has 104 valence electrons. The number of rotatable bonds is 4. The van der Waals surface area contributed by atoms with E-state index in [2.05, 4.69) is 10.3 Å². The molecule has 0 aliphatic carbocycles. The Balaban J connectivity index is 1.96. The van der Waals surface area contributed by atoms with Crippen LogP contribution in [0.1, 0.15) is 5.56 Å². The normalized spacial score (nSPS) is 11.9. The van der Waals surface area contributed by atoms with Crippen molar-refractivity contribution in [3.63, 3.8) is 0 Å². The van der Waals surface area contributed by atoms with Gasteiger partial charge in [0.1, 0.15) is 11.6 Å². The number of nitrogens with zero attached hydrogens (tertiary/aromatic N) is 1. The van der Waals surface area contributed by atoms with Crippen LogP contribution in [0.3, 0.4) is 0 Å². The van der Waals surface area contributed by atoms with Crippen molar-refractivity contribution < 1.29 is 14.3 Å². The topological polar surface area (TPSA) is 88.2 Å². The summed E-state index contributed by atoms with van der Waals surface area (Å²) in [6.07, 6.45) is 0.307. The van der Waals surface area contributed by atoms with Crippen LogP contribution in [0, 0.1) is 5.95 Å². The number of phenolic OH excluding ortho intramolecular Hbond substituents is 1. The van der Waals surface area contributed by atoms with Gasteiger partial charge in [0, 0.05) is 0 Å². The molecule has 0 saturated carbocycles. The van der Waals surface area contributed by atoms with E-state index in [9.17, 15) is 9.18 Å². The molecular weight excluding hydrogens is 261 g/mol. The van der Waals surface area contributed by atoms with E-state index in [0.29, 0.717) is 6.42 Å². The fourth-order valence-electron chi connectivity index (χ4n) is 1.68. The van der Waals surface area contributed by atoms with Gasteiger partial charge in [0.15, 0.2) is 0 Å². The number of benzene rings is 1. The number of pyridine rings is 1. The number of aromatic nitrogens is 1. The highest BCUT2D eigenvalue weighted by atomic mass is 19.1. The van der Waals surface area contributed by atoms with Gasteiger partial charge < -0.3 is 16.2 Å². The summed E-state index contributed by atoms with van der Waals surface area (Å²) in [5.41, 5.74) is 6.59. The monoisotopic (exact) mass is 275 g/mol. The molecule has 0 saturated heterocycles. The van der Waals surface area contributed by atoms with Crippen molar-refractivity contribution >= 4 is 11.7 Å². The quantitative estimate of drug-likeness (QED) is 0.737. The van der Waals surface area contributed by atoms with Crippen LogP contribution >= 0.6 is 0 Å². The summed E-state index contributed by atoms with van der Waals surface area (Å²) < 4.78 is 12.9. The fraction of sp³-hybridized carbons (Fsp3) is 0.143. The number of anilines is 1. The molecule has 0 bridgehead atoms. The minimum absolute atomic E-state index is 0.121. The maximum absolute atomic E-state index is 12.9. The molecule has 5 nitrogen and oxygen atoms in total. The number of aromatic hydroxyl groups is 1. The molecule has 1 aromatic heterocycles. The molecule has 1 amide bonds. The summed E-state index contributed by atoms with van der Waals surface area (Å²) in [5, 5.41) is 11.6. The van der Waals surface area contributed by atoms with Crippen LogP contribution in [0.2, 0.25) is 0 Å². The van der Waals surface area contributed by atoms with Crippen LogP contribution in [0.15, 0.2) is 42.5 Å². The first-order valence-corrected chi connectivity index (χ1v) is 6.01. The smallest absolute Gasteiger partial charge is 0.242 e. The first kappa shape index (κ1) is 14.0. The molecule has 0 spiro atoms. The van der Waals surface area contributed by atoms with Crippen molar-refractivity contribution in [2.45, 2.75) is 12.5 Å². The van der Waals surface area contributed by atoms with E-state index in [-0.39, 0.29) is 11.6 Å². The van der Waals surface area contributed by atoms with E-state index in [0.717, 1.165) is 5.56 Å². The third kappa shape index (κ3) is 3.76. The van der Waals surface area contributed by atoms with Gasteiger partial charge in [0.25, 0.3) is 0 Å². The van der Waals surface area contributed by atoms with Gasteiger partial charge in [-0.2, -0.15) is 4.39 Å². The SMILES string of the molecule is N[C@@H](Cc1ccc(O)cc1)C(=O)Nc1cccc(F)n1. The molecule has 0 aliphatic rings. The Morgan fingerprint density at radius 2 is 2.00 bits per heavy atom. The van der Waals surface area contributed by atoms with Crippen LogP contribution in [-0.4, -0.2) is 22.0 Å². The molecule has 1 aromatic carbocycles. The molecular formula is C14H14FN3O2. The number of phenols is 1. The zero-order valence-corrected chi connectivity index (χ0v) is 10.6. The number of carbonyl (C=O) groups excluding carboxylic acids is 1. The van der Waals surface area contributed by atoms with Gasteiger partial charge in [0.2, 0.25) is 11.9 Å². The summed E-state index contributed by atoms with van der Waals surface area (Å²) in [7, 11) is 0. The second kappa shape index (κ2) is 6.12. The molecule has 0 unspecified atom stereocenters. The number of carbonyl (C=O) groups is 1. The highest BCUT2D eigenvalue weighted by Crippen LogP contribution is 2.11. The maximum Gasteiger partial charge on any atom is 0.242 e. The zero-order valence-electron chi connectivity index (χ0n) is 10.6. The third-order valence-corrected chi connectivity index (χ3v) is 2.70. The van der Waals surface area contributed by atoms with Crippen LogP contribution in [-0.2, 0) is 11.2 Å². The number of halogens is 1.